The average Bonchev–Trinajstić information content (AvgIpc) is 3.43. The number of aryl methyl sites for hydroxylation is 1. The number of aromatic nitrogens is 3. The van der Waals surface area contributed by atoms with Crippen LogP contribution in [0.1, 0.15) is 30.4 Å². The number of rotatable bonds is 3. The van der Waals surface area contributed by atoms with Crippen LogP contribution in [-0.4, -0.2) is 45.0 Å². The standard InChI is InChI=1S/C22H24N6/c23-19-17-15-7-4-8-16(15)18(14-5-2-1-3-6-14)24-20(17)26-21(25-19)27-22-9-11-28(13-22)12-10-22/h1-3,5-6H,4,7-13H2,(H3,23,24,25,26,27). The van der Waals surface area contributed by atoms with Crippen molar-refractivity contribution < 1.29 is 0 Å². The number of anilines is 2. The first-order valence-corrected chi connectivity index (χ1v) is 10.3. The summed E-state index contributed by atoms with van der Waals surface area (Å²) in [5, 5.41) is 4.58. The fourth-order valence-electron chi connectivity index (χ4n) is 5.31. The van der Waals surface area contributed by atoms with Crippen molar-refractivity contribution in [2.24, 2.45) is 0 Å². The molecule has 1 aromatic carbocycles. The number of piperidine rings is 1. The van der Waals surface area contributed by atoms with Crippen LogP contribution in [0.5, 0.6) is 0 Å². The van der Waals surface area contributed by atoms with Crippen molar-refractivity contribution in [3.63, 3.8) is 0 Å². The summed E-state index contributed by atoms with van der Waals surface area (Å²) < 4.78 is 0. The van der Waals surface area contributed by atoms with Gasteiger partial charge in [0.2, 0.25) is 5.95 Å². The largest absolute Gasteiger partial charge is 0.383 e. The molecule has 0 amide bonds. The second-order valence-corrected chi connectivity index (χ2v) is 8.45. The van der Waals surface area contributed by atoms with Gasteiger partial charge in [0, 0.05) is 25.2 Å². The molecular weight excluding hydrogens is 348 g/mol. The molecule has 0 saturated carbocycles. The summed E-state index contributed by atoms with van der Waals surface area (Å²) in [4.78, 5) is 17.0. The van der Waals surface area contributed by atoms with Gasteiger partial charge in [-0.05, 0) is 43.2 Å². The van der Waals surface area contributed by atoms with Crippen molar-refractivity contribution in [2.75, 3.05) is 30.7 Å². The van der Waals surface area contributed by atoms with E-state index >= 15 is 0 Å². The zero-order valence-corrected chi connectivity index (χ0v) is 15.9. The monoisotopic (exact) mass is 372 g/mol. The van der Waals surface area contributed by atoms with E-state index in [0.29, 0.717) is 11.8 Å². The molecular formula is C22H24N6. The van der Waals surface area contributed by atoms with E-state index in [1.54, 1.807) is 0 Å². The minimum absolute atomic E-state index is 0.0963. The summed E-state index contributed by atoms with van der Waals surface area (Å²) in [6.45, 7) is 3.38. The average molecular weight is 372 g/mol. The molecule has 4 heterocycles. The third-order valence-electron chi connectivity index (χ3n) is 6.70. The van der Waals surface area contributed by atoms with Crippen LogP contribution in [0.4, 0.5) is 11.8 Å². The Bertz CT molecular complexity index is 1070. The highest BCUT2D eigenvalue weighted by Gasteiger charge is 2.44. The maximum absolute atomic E-state index is 6.45. The molecule has 0 atom stereocenters. The van der Waals surface area contributed by atoms with Gasteiger partial charge in [-0.1, -0.05) is 30.3 Å². The zero-order chi connectivity index (χ0) is 18.7. The molecule has 3 N–H and O–H groups in total. The van der Waals surface area contributed by atoms with Crippen LogP contribution in [0.3, 0.4) is 0 Å². The Balaban J connectivity index is 1.50. The molecule has 1 aliphatic carbocycles. The van der Waals surface area contributed by atoms with E-state index in [0.717, 1.165) is 74.0 Å². The molecule has 3 aromatic rings. The number of nitrogen functional groups attached to an aromatic ring is 1. The highest BCUT2D eigenvalue weighted by molar-refractivity contribution is 5.93. The van der Waals surface area contributed by atoms with Crippen molar-refractivity contribution in [2.45, 2.75) is 37.6 Å². The molecule has 0 radical (unpaired) electrons. The predicted octanol–water partition coefficient (Wildman–Crippen LogP) is 3.02. The first-order valence-electron chi connectivity index (χ1n) is 10.3. The van der Waals surface area contributed by atoms with Gasteiger partial charge in [0.15, 0.2) is 5.65 Å². The number of hydrogen-bond donors (Lipinski definition) is 2. The van der Waals surface area contributed by atoms with Gasteiger partial charge in [0.1, 0.15) is 5.82 Å². The SMILES string of the molecule is Nc1nc(NC23CCN(CC2)C3)nc2nc(-c3ccccc3)c3c(c12)CCC3. The van der Waals surface area contributed by atoms with Gasteiger partial charge in [-0.15, -0.1) is 0 Å². The molecule has 2 saturated heterocycles. The maximum atomic E-state index is 6.45. The topological polar surface area (TPSA) is 80.0 Å². The van der Waals surface area contributed by atoms with Gasteiger partial charge in [-0.25, -0.2) is 4.98 Å². The summed E-state index contributed by atoms with van der Waals surface area (Å²) in [5.74, 6) is 1.18. The van der Waals surface area contributed by atoms with Crippen molar-refractivity contribution in [1.29, 1.82) is 0 Å². The van der Waals surface area contributed by atoms with Crippen molar-refractivity contribution in [1.82, 2.24) is 19.9 Å². The molecule has 2 aromatic heterocycles. The number of nitrogens with two attached hydrogens (primary N) is 1. The smallest absolute Gasteiger partial charge is 0.227 e. The van der Waals surface area contributed by atoms with E-state index in [9.17, 15) is 0 Å². The Kier molecular flexibility index (Phi) is 3.41. The Labute approximate surface area is 164 Å². The summed E-state index contributed by atoms with van der Waals surface area (Å²) in [6.07, 6.45) is 5.48. The second-order valence-electron chi connectivity index (χ2n) is 8.45. The molecule has 6 rings (SSSR count). The van der Waals surface area contributed by atoms with Crippen LogP contribution >= 0.6 is 0 Å². The lowest BCUT2D eigenvalue weighted by Gasteiger charge is -2.27. The fourth-order valence-corrected chi connectivity index (χ4v) is 5.31. The van der Waals surface area contributed by atoms with Crippen molar-refractivity contribution in [3.8, 4) is 11.3 Å². The Hall–Kier alpha value is -2.73. The van der Waals surface area contributed by atoms with Crippen LogP contribution in [-0.2, 0) is 12.8 Å². The van der Waals surface area contributed by atoms with Crippen LogP contribution in [0.25, 0.3) is 22.3 Å². The summed E-state index contributed by atoms with van der Waals surface area (Å²) in [7, 11) is 0. The molecule has 6 nitrogen and oxygen atoms in total. The summed E-state index contributed by atoms with van der Waals surface area (Å²) in [6, 6.07) is 10.4. The molecule has 28 heavy (non-hydrogen) atoms. The van der Waals surface area contributed by atoms with Gasteiger partial charge in [-0.2, -0.15) is 9.97 Å². The quantitative estimate of drug-likeness (QED) is 0.736. The number of hydrogen-bond acceptors (Lipinski definition) is 6. The first kappa shape index (κ1) is 16.2. The molecule has 3 aliphatic rings. The second kappa shape index (κ2) is 5.88. The van der Waals surface area contributed by atoms with Crippen LogP contribution in [0.2, 0.25) is 0 Å². The van der Waals surface area contributed by atoms with E-state index in [4.69, 9.17) is 15.7 Å². The third-order valence-corrected chi connectivity index (χ3v) is 6.70. The molecule has 6 heteroatoms. The van der Waals surface area contributed by atoms with E-state index < -0.39 is 0 Å². The van der Waals surface area contributed by atoms with E-state index in [1.807, 2.05) is 6.07 Å². The number of pyridine rings is 1. The highest BCUT2D eigenvalue weighted by atomic mass is 15.3. The Morgan fingerprint density at radius 2 is 1.75 bits per heavy atom. The molecule has 2 aliphatic heterocycles. The van der Waals surface area contributed by atoms with E-state index in [1.165, 1.54) is 11.1 Å². The minimum Gasteiger partial charge on any atom is -0.383 e. The number of nitrogens with zero attached hydrogens (tertiary/aromatic N) is 4. The summed E-state index contributed by atoms with van der Waals surface area (Å²) in [5.41, 5.74) is 12.1. The van der Waals surface area contributed by atoms with E-state index in [-0.39, 0.29) is 5.54 Å². The van der Waals surface area contributed by atoms with Gasteiger partial charge in [0.05, 0.1) is 16.6 Å². The van der Waals surface area contributed by atoms with Crippen molar-refractivity contribution in [3.05, 3.63) is 41.5 Å². The lowest BCUT2D eigenvalue weighted by Crippen LogP contribution is -2.37. The van der Waals surface area contributed by atoms with Gasteiger partial charge < -0.3 is 16.0 Å². The van der Waals surface area contributed by atoms with Gasteiger partial charge in [0.25, 0.3) is 0 Å². The lowest BCUT2D eigenvalue weighted by molar-refractivity contribution is 0.366. The summed E-state index contributed by atoms with van der Waals surface area (Å²) >= 11 is 0. The molecule has 2 fully saturated rings. The predicted molar refractivity (Wildman–Crippen MR) is 111 cm³/mol. The number of fused-ring (bicyclic) bond motifs is 5. The number of benzene rings is 1. The minimum atomic E-state index is 0.0963. The van der Waals surface area contributed by atoms with Crippen LogP contribution in [0, 0.1) is 0 Å². The molecule has 2 bridgehead atoms. The highest BCUT2D eigenvalue weighted by Crippen LogP contribution is 2.39. The zero-order valence-electron chi connectivity index (χ0n) is 15.9. The van der Waals surface area contributed by atoms with E-state index in [2.05, 4.69) is 39.5 Å². The molecule has 0 spiro atoms. The first-order chi connectivity index (χ1) is 13.7. The van der Waals surface area contributed by atoms with Gasteiger partial charge in [-0.3, -0.25) is 0 Å². The number of nitrogens with one attached hydrogen (secondary N) is 1. The van der Waals surface area contributed by atoms with Crippen LogP contribution in [0.15, 0.2) is 30.3 Å². The third kappa shape index (κ3) is 2.41. The van der Waals surface area contributed by atoms with Crippen LogP contribution < -0.4 is 11.1 Å². The lowest BCUT2D eigenvalue weighted by atomic mass is 9.95. The molecule has 0 unspecified atom stereocenters. The molecule has 142 valence electrons. The normalized spacial score (nSPS) is 25.4. The van der Waals surface area contributed by atoms with Crippen molar-refractivity contribution >= 4 is 22.8 Å². The Morgan fingerprint density at radius 3 is 2.50 bits per heavy atom. The maximum Gasteiger partial charge on any atom is 0.227 e. The van der Waals surface area contributed by atoms with Gasteiger partial charge >= 0.3 is 0 Å². The Morgan fingerprint density at radius 1 is 0.964 bits per heavy atom. The fraction of sp³-hybridized carbons (Fsp3) is 0.409.